The summed E-state index contributed by atoms with van der Waals surface area (Å²) in [5.41, 5.74) is 0. The van der Waals surface area contributed by atoms with E-state index in [0.29, 0.717) is 0 Å². The molecule has 0 aliphatic carbocycles. The predicted octanol–water partition coefficient (Wildman–Crippen LogP) is 3.57. The third-order valence-corrected chi connectivity index (χ3v) is 0. The lowest BCUT2D eigenvalue weighted by Crippen LogP contribution is -1.66. The van der Waals surface area contributed by atoms with Crippen LogP contribution in [0, 0.1) is 11.8 Å². The summed E-state index contributed by atoms with van der Waals surface area (Å²) in [6.07, 6.45) is 0. The highest BCUT2D eigenvalue weighted by atomic mass is 13.7. The maximum absolute atomic E-state index is 2.17. The van der Waals surface area contributed by atoms with Crippen LogP contribution in [0.25, 0.3) is 0 Å². The average molecular weight is 118 g/mol. The molecule has 0 spiro atoms. The molecular weight excluding hydrogens is 96.1 g/mol. The third-order valence-electron chi connectivity index (χ3n) is 0. The van der Waals surface area contributed by atoms with Crippen LogP contribution in [-0.4, -0.2) is 0 Å². The van der Waals surface area contributed by atoms with Gasteiger partial charge in [0, 0.05) is 1.43 Å². The first kappa shape index (κ1) is 10.9. The van der Waals surface area contributed by atoms with Crippen molar-refractivity contribution in [2.24, 2.45) is 11.8 Å². The smallest absolute Gasteiger partial charge is 0 e. The first-order valence-corrected chi connectivity index (χ1v) is 3.46. The summed E-state index contributed by atoms with van der Waals surface area (Å²) in [4.78, 5) is 0. The Morgan fingerprint density at radius 3 is 0.625 bits per heavy atom. The van der Waals surface area contributed by atoms with Crippen molar-refractivity contribution in [3.8, 4) is 0 Å². The standard InChI is InChI=1S/2C4H10.H2/c2*1-4(2)3;/h2*4H,1-3H3;1H. The molecule has 0 aromatic carbocycles. The van der Waals surface area contributed by atoms with Gasteiger partial charge in [0.1, 0.15) is 0 Å². The minimum absolute atomic E-state index is 0. The normalized spacial score (nSPS) is 9.00. The molecule has 0 amide bonds. The summed E-state index contributed by atoms with van der Waals surface area (Å²) in [5, 5.41) is 0. The van der Waals surface area contributed by atoms with E-state index in [1.54, 1.807) is 0 Å². The molecule has 54 valence electrons. The molecule has 0 heterocycles. The van der Waals surface area contributed by atoms with Crippen molar-refractivity contribution in [2.45, 2.75) is 41.5 Å². The molecule has 0 unspecified atom stereocenters. The Morgan fingerprint density at radius 2 is 0.625 bits per heavy atom. The van der Waals surface area contributed by atoms with Crippen molar-refractivity contribution < 1.29 is 1.43 Å². The van der Waals surface area contributed by atoms with Crippen LogP contribution in [0.5, 0.6) is 0 Å². The largest absolute Gasteiger partial charge is 0.0630 e. The van der Waals surface area contributed by atoms with E-state index in [4.69, 9.17) is 0 Å². The maximum Gasteiger partial charge on any atom is 0 e. The topological polar surface area (TPSA) is 0 Å². The van der Waals surface area contributed by atoms with Crippen molar-refractivity contribution in [2.75, 3.05) is 0 Å². The molecule has 0 saturated carbocycles. The molecule has 0 aromatic heterocycles. The highest BCUT2D eigenvalue weighted by molar-refractivity contribution is 4.21. The lowest BCUT2D eigenvalue weighted by atomic mass is 10.3. The third kappa shape index (κ3) is 0. The summed E-state index contributed by atoms with van der Waals surface area (Å²) in [7, 11) is 0. The highest BCUT2D eigenvalue weighted by Crippen LogP contribution is 1.81. The average Bonchev–Trinajstić information content (AvgIpc) is 1.25. The molecular formula is C8H22. The molecule has 0 rings (SSSR count). The molecule has 0 atom stereocenters. The van der Waals surface area contributed by atoms with Gasteiger partial charge in [0.2, 0.25) is 0 Å². The number of rotatable bonds is 0. The van der Waals surface area contributed by atoms with Crippen LogP contribution in [0.4, 0.5) is 0 Å². The molecule has 0 nitrogen and oxygen atoms in total. The molecule has 0 aromatic rings. The van der Waals surface area contributed by atoms with Crippen LogP contribution in [0.15, 0.2) is 0 Å². The predicted molar refractivity (Wildman–Crippen MR) is 43.1 cm³/mol. The minimum atomic E-state index is 0. The molecule has 0 aliphatic heterocycles. The lowest BCUT2D eigenvalue weighted by Gasteiger charge is -1.79. The summed E-state index contributed by atoms with van der Waals surface area (Å²) in [6.45, 7) is 13.0. The van der Waals surface area contributed by atoms with E-state index in [2.05, 4.69) is 41.5 Å². The van der Waals surface area contributed by atoms with Gasteiger partial charge in [-0.3, -0.25) is 0 Å². The summed E-state index contributed by atoms with van der Waals surface area (Å²) < 4.78 is 0. The number of hydrogen-bond acceptors (Lipinski definition) is 0. The van der Waals surface area contributed by atoms with E-state index >= 15 is 0 Å². The van der Waals surface area contributed by atoms with Crippen LogP contribution in [0.2, 0.25) is 0 Å². The molecule has 0 aliphatic rings. The van der Waals surface area contributed by atoms with Gasteiger partial charge in [0.15, 0.2) is 0 Å². The fraction of sp³-hybridized carbons (Fsp3) is 1.00. The SMILES string of the molecule is CC(C)C.CC(C)C.[HH]. The van der Waals surface area contributed by atoms with Crippen molar-refractivity contribution in [1.82, 2.24) is 0 Å². The van der Waals surface area contributed by atoms with Crippen LogP contribution in [0.1, 0.15) is 43.0 Å². The first-order chi connectivity index (χ1) is 3.46. The van der Waals surface area contributed by atoms with Gasteiger partial charge < -0.3 is 0 Å². The fourth-order valence-corrected chi connectivity index (χ4v) is 0. The molecule has 0 fully saturated rings. The zero-order valence-electron chi connectivity index (χ0n) is 7.15. The second-order valence-electron chi connectivity index (χ2n) is 3.46. The van der Waals surface area contributed by atoms with Gasteiger partial charge in [0.05, 0.1) is 0 Å². The Balaban J connectivity index is -0.0000000720. The Morgan fingerprint density at radius 1 is 0.625 bits per heavy atom. The first-order valence-electron chi connectivity index (χ1n) is 3.46. The van der Waals surface area contributed by atoms with Crippen molar-refractivity contribution in [3.63, 3.8) is 0 Å². The maximum atomic E-state index is 2.17. The van der Waals surface area contributed by atoms with E-state index in [1.807, 2.05) is 0 Å². The van der Waals surface area contributed by atoms with Crippen LogP contribution in [-0.2, 0) is 0 Å². The van der Waals surface area contributed by atoms with Gasteiger partial charge >= 0.3 is 0 Å². The molecule has 0 N–H and O–H groups in total. The van der Waals surface area contributed by atoms with Crippen molar-refractivity contribution >= 4 is 0 Å². The minimum Gasteiger partial charge on any atom is -0.0630 e. The zero-order valence-corrected chi connectivity index (χ0v) is 7.15. The fourth-order valence-electron chi connectivity index (χ4n) is 0. The van der Waals surface area contributed by atoms with Gasteiger partial charge in [-0.05, 0) is 11.8 Å². The van der Waals surface area contributed by atoms with E-state index in [-0.39, 0.29) is 1.43 Å². The van der Waals surface area contributed by atoms with Gasteiger partial charge in [-0.25, -0.2) is 0 Å². The second-order valence-corrected chi connectivity index (χ2v) is 3.46. The Bertz CT molecular complexity index is 20.0. The Labute approximate surface area is 55.8 Å². The number of hydrogen-bond donors (Lipinski definition) is 0. The summed E-state index contributed by atoms with van der Waals surface area (Å²) in [6, 6.07) is 0. The van der Waals surface area contributed by atoms with Crippen LogP contribution in [0.3, 0.4) is 0 Å². The van der Waals surface area contributed by atoms with Gasteiger partial charge in [0.25, 0.3) is 0 Å². The Kier molecular flexibility index (Phi) is 9.53. The molecule has 8 heavy (non-hydrogen) atoms. The van der Waals surface area contributed by atoms with Gasteiger partial charge in [-0.1, -0.05) is 41.5 Å². The van der Waals surface area contributed by atoms with E-state index in [9.17, 15) is 0 Å². The van der Waals surface area contributed by atoms with Crippen molar-refractivity contribution in [1.29, 1.82) is 0 Å². The quantitative estimate of drug-likeness (QED) is 0.456. The van der Waals surface area contributed by atoms with Gasteiger partial charge in [-0.2, -0.15) is 0 Å². The Hall–Kier alpha value is 0. The molecule has 0 bridgehead atoms. The van der Waals surface area contributed by atoms with Crippen molar-refractivity contribution in [3.05, 3.63) is 0 Å². The lowest BCUT2D eigenvalue weighted by molar-refractivity contribution is 0.736. The molecule has 0 heteroatoms. The monoisotopic (exact) mass is 118 g/mol. The molecule has 0 saturated heterocycles. The van der Waals surface area contributed by atoms with Gasteiger partial charge in [-0.15, -0.1) is 0 Å². The van der Waals surface area contributed by atoms with E-state index in [1.165, 1.54) is 0 Å². The van der Waals surface area contributed by atoms with E-state index < -0.39 is 0 Å². The highest BCUT2D eigenvalue weighted by Gasteiger charge is 1.68. The van der Waals surface area contributed by atoms with Crippen LogP contribution >= 0.6 is 0 Å². The zero-order chi connectivity index (χ0) is 7.15. The summed E-state index contributed by atoms with van der Waals surface area (Å²) >= 11 is 0. The second kappa shape index (κ2) is 7.00. The van der Waals surface area contributed by atoms with E-state index in [0.717, 1.165) is 11.8 Å². The van der Waals surface area contributed by atoms with Crippen LogP contribution < -0.4 is 0 Å². The summed E-state index contributed by atoms with van der Waals surface area (Å²) in [5.74, 6) is 1.67. The molecule has 0 radical (unpaired) electrons.